The number of aliphatic hydroxyl groups is 2. The molecule has 0 aliphatic rings. The molecule has 6 nitrogen and oxygen atoms in total. The summed E-state index contributed by atoms with van der Waals surface area (Å²) in [6.45, 7) is 2.75. The highest BCUT2D eigenvalue weighted by atomic mass is 16.5. The number of hydrogen-bond donors (Lipinski definition) is 3. The van der Waals surface area contributed by atoms with Gasteiger partial charge in [-0.3, -0.25) is 0 Å². The number of ether oxygens (including phenoxy) is 1. The molecule has 0 amide bonds. The number of carbonyl (C=O) groups is 2. The zero-order chi connectivity index (χ0) is 15.5. The van der Waals surface area contributed by atoms with Crippen molar-refractivity contribution in [1.29, 1.82) is 0 Å². The second-order valence-electron chi connectivity index (χ2n) is 4.26. The third kappa shape index (κ3) is 6.49. The summed E-state index contributed by atoms with van der Waals surface area (Å²) < 4.78 is 4.91. The van der Waals surface area contributed by atoms with Gasteiger partial charge in [-0.2, -0.15) is 0 Å². The van der Waals surface area contributed by atoms with Gasteiger partial charge in [0.15, 0.2) is 0 Å². The van der Waals surface area contributed by atoms with E-state index in [1.807, 2.05) is 6.92 Å². The van der Waals surface area contributed by atoms with Crippen molar-refractivity contribution in [1.82, 2.24) is 0 Å². The molecule has 0 aliphatic heterocycles. The molecular formula is C14H22O6. The molecular weight excluding hydrogens is 264 g/mol. The van der Waals surface area contributed by atoms with Crippen molar-refractivity contribution >= 4 is 11.9 Å². The minimum Gasteiger partial charge on any atom is -0.478 e. The van der Waals surface area contributed by atoms with Crippen LogP contribution >= 0.6 is 0 Å². The molecule has 0 aliphatic carbocycles. The van der Waals surface area contributed by atoms with Crippen LogP contribution < -0.4 is 0 Å². The highest BCUT2D eigenvalue weighted by Crippen LogP contribution is 2.16. The van der Waals surface area contributed by atoms with Crippen LogP contribution in [0.4, 0.5) is 0 Å². The molecule has 0 fully saturated rings. The molecule has 0 aromatic heterocycles. The first-order valence-electron chi connectivity index (χ1n) is 6.50. The Morgan fingerprint density at radius 3 is 2.35 bits per heavy atom. The van der Waals surface area contributed by atoms with Crippen molar-refractivity contribution in [2.45, 2.75) is 33.1 Å². The number of aliphatic carboxylic acids is 1. The van der Waals surface area contributed by atoms with Crippen LogP contribution in [0.1, 0.15) is 33.1 Å². The summed E-state index contributed by atoms with van der Waals surface area (Å²) in [5.74, 6) is -1.76. The fourth-order valence-corrected chi connectivity index (χ4v) is 1.52. The Labute approximate surface area is 118 Å². The van der Waals surface area contributed by atoms with Crippen LogP contribution in [-0.4, -0.2) is 47.1 Å². The highest BCUT2D eigenvalue weighted by Gasteiger charge is 2.15. The Hall–Kier alpha value is -1.66. The second-order valence-corrected chi connectivity index (χ2v) is 4.26. The fourth-order valence-electron chi connectivity index (χ4n) is 1.52. The van der Waals surface area contributed by atoms with Gasteiger partial charge in [0.25, 0.3) is 0 Å². The molecule has 3 N–H and O–H groups in total. The maximum Gasteiger partial charge on any atom is 0.336 e. The third-order valence-electron chi connectivity index (χ3n) is 2.58. The van der Waals surface area contributed by atoms with E-state index in [1.165, 1.54) is 13.0 Å². The quantitative estimate of drug-likeness (QED) is 0.253. The van der Waals surface area contributed by atoms with E-state index in [-0.39, 0.29) is 24.4 Å². The van der Waals surface area contributed by atoms with Crippen LogP contribution in [0.25, 0.3) is 0 Å². The standard InChI is InChI=1S/C14H22O6/c1-3-5-11(8-10(2)13(17)18)12(9-16)14(19)20-7-4-6-15/h8,15-16H,3-7,9H2,1-2H3,(H,17,18). The van der Waals surface area contributed by atoms with Crippen LogP contribution in [0.3, 0.4) is 0 Å². The van der Waals surface area contributed by atoms with E-state index in [4.69, 9.17) is 14.9 Å². The average Bonchev–Trinajstić information content (AvgIpc) is 2.39. The van der Waals surface area contributed by atoms with Crippen LogP contribution in [0.5, 0.6) is 0 Å². The van der Waals surface area contributed by atoms with Crippen molar-refractivity contribution in [3.63, 3.8) is 0 Å². The molecule has 0 saturated carbocycles. The van der Waals surface area contributed by atoms with Crippen LogP contribution in [-0.2, 0) is 14.3 Å². The number of esters is 1. The smallest absolute Gasteiger partial charge is 0.336 e. The molecule has 6 heteroatoms. The topological polar surface area (TPSA) is 104 Å². The molecule has 20 heavy (non-hydrogen) atoms. The molecule has 0 aromatic carbocycles. The summed E-state index contributed by atoms with van der Waals surface area (Å²) in [4.78, 5) is 22.7. The van der Waals surface area contributed by atoms with Gasteiger partial charge in [-0.25, -0.2) is 9.59 Å². The molecule has 0 saturated heterocycles. The predicted octanol–water partition coefficient (Wildman–Crippen LogP) is 1.03. The average molecular weight is 286 g/mol. The normalized spacial score (nSPS) is 12.9. The lowest BCUT2D eigenvalue weighted by Crippen LogP contribution is -2.15. The number of carboxylic acid groups (broad SMARTS) is 1. The van der Waals surface area contributed by atoms with Crippen molar-refractivity contribution in [3.05, 3.63) is 22.8 Å². The van der Waals surface area contributed by atoms with E-state index in [0.717, 1.165) is 0 Å². The molecule has 0 unspecified atom stereocenters. The maximum atomic E-state index is 11.8. The first-order valence-corrected chi connectivity index (χ1v) is 6.50. The molecule has 0 radical (unpaired) electrons. The van der Waals surface area contributed by atoms with E-state index in [1.54, 1.807) is 0 Å². The summed E-state index contributed by atoms with van der Waals surface area (Å²) >= 11 is 0. The van der Waals surface area contributed by atoms with Gasteiger partial charge in [0.1, 0.15) is 0 Å². The molecule has 0 heterocycles. The van der Waals surface area contributed by atoms with Gasteiger partial charge < -0.3 is 20.1 Å². The van der Waals surface area contributed by atoms with Gasteiger partial charge in [0.05, 0.1) is 18.8 Å². The number of allylic oxidation sites excluding steroid dienone is 2. The van der Waals surface area contributed by atoms with Gasteiger partial charge in [0, 0.05) is 18.6 Å². The van der Waals surface area contributed by atoms with Crippen LogP contribution in [0, 0.1) is 0 Å². The Bertz CT molecular complexity index is 394. The summed E-state index contributed by atoms with van der Waals surface area (Å²) in [6.07, 6.45) is 2.87. The van der Waals surface area contributed by atoms with E-state index in [9.17, 15) is 14.7 Å². The minimum absolute atomic E-state index is 0.0554. The van der Waals surface area contributed by atoms with Crippen molar-refractivity contribution < 1.29 is 29.6 Å². The zero-order valence-corrected chi connectivity index (χ0v) is 11.9. The lowest BCUT2D eigenvalue weighted by Gasteiger charge is -2.10. The van der Waals surface area contributed by atoms with E-state index >= 15 is 0 Å². The molecule has 0 rings (SSSR count). The lowest BCUT2D eigenvalue weighted by molar-refractivity contribution is -0.140. The molecule has 0 aromatic rings. The van der Waals surface area contributed by atoms with E-state index in [2.05, 4.69) is 0 Å². The van der Waals surface area contributed by atoms with Crippen molar-refractivity contribution in [2.24, 2.45) is 0 Å². The van der Waals surface area contributed by atoms with Crippen molar-refractivity contribution in [2.75, 3.05) is 19.8 Å². The SMILES string of the molecule is CCCC(C=C(C)C(=O)O)=C(CO)C(=O)OCCCO. The number of hydrogen-bond acceptors (Lipinski definition) is 5. The van der Waals surface area contributed by atoms with Gasteiger partial charge in [0.2, 0.25) is 0 Å². The summed E-state index contributed by atoms with van der Waals surface area (Å²) in [6, 6.07) is 0. The van der Waals surface area contributed by atoms with E-state index < -0.39 is 18.5 Å². The lowest BCUT2D eigenvalue weighted by atomic mass is 10.0. The maximum absolute atomic E-state index is 11.8. The van der Waals surface area contributed by atoms with Crippen molar-refractivity contribution in [3.8, 4) is 0 Å². The Morgan fingerprint density at radius 2 is 1.90 bits per heavy atom. The fraction of sp³-hybridized carbons (Fsp3) is 0.571. The second kappa shape index (κ2) is 10.2. The molecule has 0 atom stereocenters. The van der Waals surface area contributed by atoms with Gasteiger partial charge in [-0.1, -0.05) is 13.3 Å². The predicted molar refractivity (Wildman–Crippen MR) is 73.1 cm³/mol. The molecule has 0 spiro atoms. The zero-order valence-electron chi connectivity index (χ0n) is 11.9. The molecule has 114 valence electrons. The van der Waals surface area contributed by atoms with E-state index in [0.29, 0.717) is 24.8 Å². The minimum atomic E-state index is -1.08. The summed E-state index contributed by atoms with van der Waals surface area (Å²) in [5.41, 5.74) is 0.608. The monoisotopic (exact) mass is 286 g/mol. The Balaban J connectivity index is 5.23. The number of aliphatic hydroxyl groups excluding tert-OH is 2. The van der Waals surface area contributed by atoms with Crippen LogP contribution in [0.2, 0.25) is 0 Å². The van der Waals surface area contributed by atoms with Gasteiger partial charge in [-0.15, -0.1) is 0 Å². The number of rotatable bonds is 9. The summed E-state index contributed by atoms with van der Waals surface area (Å²) in [5, 5.41) is 26.8. The van der Waals surface area contributed by atoms with Crippen LogP contribution in [0.15, 0.2) is 22.8 Å². The first kappa shape index (κ1) is 18.3. The first-order chi connectivity index (χ1) is 9.47. The van der Waals surface area contributed by atoms with Gasteiger partial charge in [-0.05, 0) is 25.0 Å². The highest BCUT2D eigenvalue weighted by molar-refractivity contribution is 5.91. The molecule has 0 bridgehead atoms. The number of carboxylic acids is 1. The Morgan fingerprint density at radius 1 is 1.25 bits per heavy atom. The Kier molecular flexibility index (Phi) is 9.32. The number of carbonyl (C=O) groups excluding carboxylic acids is 1. The largest absolute Gasteiger partial charge is 0.478 e. The van der Waals surface area contributed by atoms with Gasteiger partial charge >= 0.3 is 11.9 Å². The summed E-state index contributed by atoms with van der Waals surface area (Å²) in [7, 11) is 0. The third-order valence-corrected chi connectivity index (χ3v) is 2.58.